The van der Waals surface area contributed by atoms with Gasteiger partial charge >= 0.3 is 0 Å². The fraction of sp³-hybridized carbons (Fsp3) is 0.667. The SMILES string of the molecule is CC1CCN(C(=O)C2CCN(C(=O)c3ccoc3)CC2)C(CN)C1. The van der Waals surface area contributed by atoms with Crippen LogP contribution in [0.25, 0.3) is 0 Å². The first-order valence-electron chi connectivity index (χ1n) is 8.92. The van der Waals surface area contributed by atoms with Gasteiger partial charge in [0.2, 0.25) is 5.91 Å². The summed E-state index contributed by atoms with van der Waals surface area (Å²) in [5.74, 6) is 0.868. The molecule has 2 N–H and O–H groups in total. The third-order valence-corrected chi connectivity index (χ3v) is 5.43. The zero-order chi connectivity index (χ0) is 17.1. The summed E-state index contributed by atoms with van der Waals surface area (Å²) in [5, 5.41) is 0. The van der Waals surface area contributed by atoms with Gasteiger partial charge in [-0.3, -0.25) is 9.59 Å². The molecule has 6 nitrogen and oxygen atoms in total. The Balaban J connectivity index is 1.56. The minimum absolute atomic E-state index is 0.0127. The number of furan rings is 1. The molecule has 6 heteroatoms. The Morgan fingerprint density at radius 1 is 1.25 bits per heavy atom. The molecule has 0 saturated carbocycles. The fourth-order valence-corrected chi connectivity index (χ4v) is 3.90. The summed E-state index contributed by atoms with van der Waals surface area (Å²) in [7, 11) is 0. The standard InChI is InChI=1S/C18H27N3O3/c1-13-2-8-21(16(10-13)11-19)18(23)14-3-6-20(7-4-14)17(22)15-5-9-24-12-15/h5,9,12-14,16H,2-4,6-8,10-11,19H2,1H3. The third-order valence-electron chi connectivity index (χ3n) is 5.43. The smallest absolute Gasteiger partial charge is 0.257 e. The monoisotopic (exact) mass is 333 g/mol. The number of likely N-dealkylation sites (tertiary alicyclic amines) is 2. The highest BCUT2D eigenvalue weighted by Gasteiger charge is 2.35. The molecule has 0 spiro atoms. The molecule has 3 heterocycles. The molecule has 2 amide bonds. The molecule has 2 atom stereocenters. The molecule has 24 heavy (non-hydrogen) atoms. The van der Waals surface area contributed by atoms with Gasteiger partial charge in [0.1, 0.15) is 6.26 Å². The zero-order valence-corrected chi connectivity index (χ0v) is 14.3. The van der Waals surface area contributed by atoms with E-state index in [9.17, 15) is 9.59 Å². The van der Waals surface area contributed by atoms with Crippen LogP contribution in [0.2, 0.25) is 0 Å². The van der Waals surface area contributed by atoms with Crippen molar-refractivity contribution in [2.45, 2.75) is 38.6 Å². The van der Waals surface area contributed by atoms with E-state index in [1.807, 2.05) is 9.80 Å². The van der Waals surface area contributed by atoms with Crippen LogP contribution in [0.5, 0.6) is 0 Å². The molecular formula is C18H27N3O3. The van der Waals surface area contributed by atoms with E-state index in [4.69, 9.17) is 10.2 Å². The molecule has 2 aliphatic heterocycles. The molecule has 0 aliphatic carbocycles. The van der Waals surface area contributed by atoms with Gasteiger partial charge < -0.3 is 20.0 Å². The van der Waals surface area contributed by atoms with Crippen LogP contribution >= 0.6 is 0 Å². The van der Waals surface area contributed by atoms with Gasteiger partial charge in [0.15, 0.2) is 0 Å². The van der Waals surface area contributed by atoms with Gasteiger partial charge in [-0.25, -0.2) is 0 Å². The Bertz CT molecular complexity index is 564. The van der Waals surface area contributed by atoms with Crippen molar-refractivity contribution in [2.75, 3.05) is 26.2 Å². The summed E-state index contributed by atoms with van der Waals surface area (Å²) in [5.41, 5.74) is 6.46. The van der Waals surface area contributed by atoms with Crippen LogP contribution in [-0.4, -0.2) is 53.8 Å². The number of hydrogen-bond acceptors (Lipinski definition) is 4. The van der Waals surface area contributed by atoms with Gasteiger partial charge in [0.25, 0.3) is 5.91 Å². The van der Waals surface area contributed by atoms with Crippen LogP contribution in [0, 0.1) is 11.8 Å². The highest BCUT2D eigenvalue weighted by Crippen LogP contribution is 2.27. The molecule has 0 bridgehead atoms. The van der Waals surface area contributed by atoms with Crippen LogP contribution in [0.4, 0.5) is 0 Å². The number of hydrogen-bond donors (Lipinski definition) is 1. The van der Waals surface area contributed by atoms with Crippen molar-refractivity contribution in [3.8, 4) is 0 Å². The van der Waals surface area contributed by atoms with Gasteiger partial charge in [-0.15, -0.1) is 0 Å². The topological polar surface area (TPSA) is 79.8 Å². The molecule has 0 aromatic carbocycles. The van der Waals surface area contributed by atoms with Gasteiger partial charge in [0, 0.05) is 38.1 Å². The highest BCUT2D eigenvalue weighted by atomic mass is 16.3. The van der Waals surface area contributed by atoms with Gasteiger partial charge in [0.05, 0.1) is 11.8 Å². The molecule has 3 rings (SSSR count). The molecule has 2 aliphatic rings. The number of piperidine rings is 2. The lowest BCUT2D eigenvalue weighted by Crippen LogP contribution is -2.52. The van der Waals surface area contributed by atoms with E-state index in [0.717, 1.165) is 32.2 Å². The van der Waals surface area contributed by atoms with Crippen LogP contribution in [0.3, 0.4) is 0 Å². The number of amides is 2. The summed E-state index contributed by atoms with van der Waals surface area (Å²) in [6, 6.07) is 1.85. The summed E-state index contributed by atoms with van der Waals surface area (Å²) in [4.78, 5) is 29.0. The average molecular weight is 333 g/mol. The van der Waals surface area contributed by atoms with E-state index in [0.29, 0.717) is 31.1 Å². The zero-order valence-electron chi connectivity index (χ0n) is 14.3. The number of nitrogens with two attached hydrogens (primary N) is 1. The van der Waals surface area contributed by atoms with Crippen molar-refractivity contribution in [3.63, 3.8) is 0 Å². The first-order valence-corrected chi connectivity index (χ1v) is 8.92. The van der Waals surface area contributed by atoms with Gasteiger partial charge in [-0.2, -0.15) is 0 Å². The maximum atomic E-state index is 12.9. The van der Waals surface area contributed by atoms with Crippen LogP contribution in [0.15, 0.2) is 23.0 Å². The van der Waals surface area contributed by atoms with E-state index < -0.39 is 0 Å². The van der Waals surface area contributed by atoms with Crippen molar-refractivity contribution in [1.29, 1.82) is 0 Å². The summed E-state index contributed by atoms with van der Waals surface area (Å²) < 4.78 is 4.98. The predicted molar refractivity (Wildman–Crippen MR) is 90.3 cm³/mol. The summed E-state index contributed by atoms with van der Waals surface area (Å²) >= 11 is 0. The second-order valence-electron chi connectivity index (χ2n) is 7.13. The number of nitrogens with zero attached hydrogens (tertiary/aromatic N) is 2. The van der Waals surface area contributed by atoms with Crippen molar-refractivity contribution >= 4 is 11.8 Å². The molecule has 132 valence electrons. The van der Waals surface area contributed by atoms with Crippen LogP contribution in [0.1, 0.15) is 43.0 Å². The van der Waals surface area contributed by atoms with E-state index in [-0.39, 0.29) is 23.8 Å². The maximum Gasteiger partial charge on any atom is 0.257 e. The molecule has 1 aromatic heterocycles. The average Bonchev–Trinajstić information content (AvgIpc) is 3.15. The normalized spacial score (nSPS) is 25.8. The quantitative estimate of drug-likeness (QED) is 0.913. The lowest BCUT2D eigenvalue weighted by molar-refractivity contribution is -0.141. The Hall–Kier alpha value is -1.82. The maximum absolute atomic E-state index is 12.9. The Labute approximate surface area is 143 Å². The molecule has 0 radical (unpaired) electrons. The van der Waals surface area contributed by atoms with Crippen molar-refractivity contribution in [3.05, 3.63) is 24.2 Å². The molecule has 2 saturated heterocycles. The van der Waals surface area contributed by atoms with Crippen molar-refractivity contribution < 1.29 is 14.0 Å². The first-order chi connectivity index (χ1) is 11.6. The Morgan fingerprint density at radius 3 is 2.62 bits per heavy atom. The van der Waals surface area contributed by atoms with Crippen LogP contribution < -0.4 is 5.73 Å². The summed E-state index contributed by atoms with van der Waals surface area (Å²) in [6.45, 7) is 4.82. The number of carbonyl (C=O) groups excluding carboxylic acids is 2. The summed E-state index contributed by atoms with van der Waals surface area (Å²) in [6.07, 6.45) is 6.49. The van der Waals surface area contributed by atoms with Crippen molar-refractivity contribution in [1.82, 2.24) is 9.80 Å². The fourth-order valence-electron chi connectivity index (χ4n) is 3.90. The number of carbonyl (C=O) groups is 2. The molecule has 2 fully saturated rings. The van der Waals surface area contributed by atoms with E-state index in [1.165, 1.54) is 12.5 Å². The van der Waals surface area contributed by atoms with E-state index in [2.05, 4.69) is 6.92 Å². The van der Waals surface area contributed by atoms with Crippen molar-refractivity contribution in [2.24, 2.45) is 17.6 Å². The van der Waals surface area contributed by atoms with Gasteiger partial charge in [-0.1, -0.05) is 6.92 Å². The minimum Gasteiger partial charge on any atom is -0.472 e. The largest absolute Gasteiger partial charge is 0.472 e. The first kappa shape index (κ1) is 17.0. The second-order valence-corrected chi connectivity index (χ2v) is 7.13. The van der Waals surface area contributed by atoms with Crippen LogP contribution in [-0.2, 0) is 4.79 Å². The lowest BCUT2D eigenvalue weighted by Gasteiger charge is -2.41. The number of rotatable bonds is 3. The molecule has 2 unspecified atom stereocenters. The Morgan fingerprint density at radius 2 is 2.00 bits per heavy atom. The predicted octanol–water partition coefficient (Wildman–Crippen LogP) is 1.72. The third kappa shape index (κ3) is 3.48. The second kappa shape index (κ2) is 7.38. The molecule has 1 aromatic rings. The molecular weight excluding hydrogens is 306 g/mol. The van der Waals surface area contributed by atoms with E-state index >= 15 is 0 Å². The highest BCUT2D eigenvalue weighted by molar-refractivity contribution is 5.94. The lowest BCUT2D eigenvalue weighted by atomic mass is 9.89. The van der Waals surface area contributed by atoms with E-state index in [1.54, 1.807) is 6.07 Å². The van der Waals surface area contributed by atoms with Gasteiger partial charge in [-0.05, 0) is 37.7 Å². The Kier molecular flexibility index (Phi) is 5.23. The minimum atomic E-state index is -0.0127.